The Morgan fingerprint density at radius 1 is 1.06 bits per heavy atom. The molecule has 34 heavy (non-hydrogen) atoms. The fourth-order valence-electron chi connectivity index (χ4n) is 4.47. The van der Waals surface area contributed by atoms with Gasteiger partial charge in [-0.05, 0) is 65.9 Å². The number of halogens is 2. The first-order chi connectivity index (χ1) is 16.2. The Morgan fingerprint density at radius 2 is 1.79 bits per heavy atom. The number of carbonyl (C=O) groups is 3. The van der Waals surface area contributed by atoms with Gasteiger partial charge >= 0.3 is 0 Å². The molecule has 0 aliphatic heterocycles. The number of phenolic OH excluding ortho intramolecular Hbond substituents is 1. The SMILES string of the molecule is NC(=O)c1cccc([C@H](C(N)=O)N(C(=O)c2ccccc2O)[C@@H]2CCc3c(F)cc(Cl)cc32)c1. The summed E-state index contributed by atoms with van der Waals surface area (Å²) in [6.07, 6.45) is 0.603. The molecule has 0 fully saturated rings. The van der Waals surface area contributed by atoms with Gasteiger partial charge in [-0.15, -0.1) is 0 Å². The Labute approximate surface area is 199 Å². The highest BCUT2D eigenvalue weighted by Gasteiger charge is 2.41. The molecule has 5 N–H and O–H groups in total. The predicted octanol–water partition coefficient (Wildman–Crippen LogP) is 3.64. The third-order valence-corrected chi connectivity index (χ3v) is 6.18. The number of primary amides is 2. The Hall–Kier alpha value is -3.91. The molecule has 0 aromatic heterocycles. The second-order valence-corrected chi connectivity index (χ2v) is 8.47. The number of hydrogen-bond acceptors (Lipinski definition) is 4. The van der Waals surface area contributed by atoms with E-state index >= 15 is 0 Å². The summed E-state index contributed by atoms with van der Waals surface area (Å²) in [4.78, 5) is 39.6. The van der Waals surface area contributed by atoms with Crippen molar-refractivity contribution in [2.24, 2.45) is 11.5 Å². The molecular formula is C25H21ClFN3O4. The van der Waals surface area contributed by atoms with Crippen LogP contribution in [0.5, 0.6) is 5.75 Å². The van der Waals surface area contributed by atoms with Crippen LogP contribution in [-0.2, 0) is 11.2 Å². The van der Waals surface area contributed by atoms with Crippen LogP contribution in [0.15, 0.2) is 60.7 Å². The third-order valence-electron chi connectivity index (χ3n) is 5.96. The molecule has 0 bridgehead atoms. The topological polar surface area (TPSA) is 127 Å². The quantitative estimate of drug-likeness (QED) is 0.496. The van der Waals surface area contributed by atoms with E-state index in [1.165, 1.54) is 41.3 Å². The normalized spacial score (nSPS) is 15.4. The monoisotopic (exact) mass is 481 g/mol. The summed E-state index contributed by atoms with van der Waals surface area (Å²) in [7, 11) is 0. The van der Waals surface area contributed by atoms with Crippen molar-refractivity contribution < 1.29 is 23.9 Å². The molecule has 7 nitrogen and oxygen atoms in total. The van der Waals surface area contributed by atoms with Crippen LogP contribution in [0.3, 0.4) is 0 Å². The van der Waals surface area contributed by atoms with E-state index in [-0.39, 0.29) is 27.5 Å². The molecule has 3 aromatic carbocycles. The zero-order valence-corrected chi connectivity index (χ0v) is 18.6. The van der Waals surface area contributed by atoms with Crippen LogP contribution in [-0.4, -0.2) is 27.7 Å². The minimum atomic E-state index is -1.34. The highest BCUT2D eigenvalue weighted by molar-refractivity contribution is 6.30. The second-order valence-electron chi connectivity index (χ2n) is 8.03. The van der Waals surface area contributed by atoms with Crippen molar-refractivity contribution in [1.29, 1.82) is 0 Å². The number of benzene rings is 3. The fourth-order valence-corrected chi connectivity index (χ4v) is 4.68. The Balaban J connectivity index is 1.92. The maximum Gasteiger partial charge on any atom is 0.259 e. The van der Waals surface area contributed by atoms with E-state index in [2.05, 4.69) is 0 Å². The molecule has 0 saturated carbocycles. The summed E-state index contributed by atoms with van der Waals surface area (Å²) in [5.74, 6) is -3.08. The number of carbonyl (C=O) groups excluding carboxylic acids is 3. The third kappa shape index (κ3) is 4.20. The van der Waals surface area contributed by atoms with E-state index in [9.17, 15) is 23.9 Å². The average Bonchev–Trinajstić information content (AvgIpc) is 3.20. The number of para-hydroxylation sites is 1. The van der Waals surface area contributed by atoms with Gasteiger partial charge in [-0.3, -0.25) is 14.4 Å². The summed E-state index contributed by atoms with van der Waals surface area (Å²) >= 11 is 6.11. The fraction of sp³-hybridized carbons (Fsp3) is 0.160. The standard InChI is InChI=1S/C25H21ClFN3O4/c26-15-11-18-16(19(27)12-15)8-9-20(18)30(25(34)17-6-1-2-7-21(17)31)22(24(29)33)13-4-3-5-14(10-13)23(28)32/h1-7,10-12,20,22,31H,8-9H2,(H2,28,32)(H2,29,33)/t20-,22-/m1/s1. The highest BCUT2D eigenvalue weighted by atomic mass is 35.5. The lowest BCUT2D eigenvalue weighted by molar-refractivity contribution is -0.123. The van der Waals surface area contributed by atoms with Crippen LogP contribution in [0.1, 0.15) is 55.9 Å². The smallest absolute Gasteiger partial charge is 0.259 e. The van der Waals surface area contributed by atoms with Crippen molar-refractivity contribution in [3.63, 3.8) is 0 Å². The number of nitrogens with two attached hydrogens (primary N) is 2. The maximum absolute atomic E-state index is 14.6. The molecule has 0 saturated heterocycles. The van der Waals surface area contributed by atoms with E-state index in [1.54, 1.807) is 24.3 Å². The average molecular weight is 482 g/mol. The lowest BCUT2D eigenvalue weighted by atomic mass is 9.96. The summed E-state index contributed by atoms with van der Waals surface area (Å²) < 4.78 is 14.6. The molecule has 3 aromatic rings. The first-order valence-corrected chi connectivity index (χ1v) is 10.8. The molecule has 3 amide bonds. The van der Waals surface area contributed by atoms with Gasteiger partial charge in [0.1, 0.15) is 17.6 Å². The van der Waals surface area contributed by atoms with Crippen molar-refractivity contribution in [3.8, 4) is 5.75 Å². The Morgan fingerprint density at radius 3 is 2.47 bits per heavy atom. The molecule has 4 rings (SSSR count). The summed E-state index contributed by atoms with van der Waals surface area (Å²) in [6.45, 7) is 0. The first-order valence-electron chi connectivity index (χ1n) is 10.5. The molecule has 2 atom stereocenters. The van der Waals surface area contributed by atoms with Crippen molar-refractivity contribution in [2.45, 2.75) is 24.9 Å². The Bertz CT molecular complexity index is 1310. The molecular weight excluding hydrogens is 461 g/mol. The lowest BCUT2D eigenvalue weighted by Gasteiger charge is -2.36. The van der Waals surface area contributed by atoms with Crippen LogP contribution in [0, 0.1) is 5.82 Å². The first kappa shape index (κ1) is 23.3. The molecule has 0 unspecified atom stereocenters. The zero-order valence-electron chi connectivity index (χ0n) is 17.9. The highest BCUT2D eigenvalue weighted by Crippen LogP contribution is 2.43. The number of aromatic hydroxyl groups is 1. The van der Waals surface area contributed by atoms with Gasteiger partial charge in [-0.25, -0.2) is 4.39 Å². The maximum atomic E-state index is 14.6. The van der Waals surface area contributed by atoms with Crippen molar-refractivity contribution >= 4 is 29.3 Å². The van der Waals surface area contributed by atoms with Gasteiger partial charge in [0.05, 0.1) is 11.6 Å². The van der Waals surface area contributed by atoms with E-state index < -0.39 is 35.6 Å². The minimum absolute atomic E-state index is 0.0595. The summed E-state index contributed by atoms with van der Waals surface area (Å²) in [6, 6.07) is 12.4. The zero-order chi connectivity index (χ0) is 24.6. The van der Waals surface area contributed by atoms with E-state index in [1.807, 2.05) is 0 Å². The molecule has 1 aliphatic rings. The molecule has 0 spiro atoms. The molecule has 0 radical (unpaired) electrons. The number of fused-ring (bicyclic) bond motifs is 1. The molecule has 174 valence electrons. The molecule has 0 heterocycles. The largest absolute Gasteiger partial charge is 0.507 e. The van der Waals surface area contributed by atoms with E-state index in [0.29, 0.717) is 24.0 Å². The van der Waals surface area contributed by atoms with Crippen molar-refractivity contribution in [1.82, 2.24) is 4.90 Å². The van der Waals surface area contributed by atoms with Crippen LogP contribution >= 0.6 is 11.6 Å². The predicted molar refractivity (Wildman–Crippen MR) is 124 cm³/mol. The van der Waals surface area contributed by atoms with Crippen molar-refractivity contribution in [2.75, 3.05) is 0 Å². The van der Waals surface area contributed by atoms with Gasteiger partial charge in [0.2, 0.25) is 11.8 Å². The van der Waals surface area contributed by atoms with Crippen LogP contribution in [0.4, 0.5) is 4.39 Å². The number of hydrogen-bond donors (Lipinski definition) is 3. The van der Waals surface area contributed by atoms with Gasteiger partial charge < -0.3 is 21.5 Å². The Kier molecular flexibility index (Phi) is 6.26. The van der Waals surface area contributed by atoms with Gasteiger partial charge in [0.15, 0.2) is 0 Å². The number of amides is 3. The lowest BCUT2D eigenvalue weighted by Crippen LogP contribution is -2.43. The van der Waals surface area contributed by atoms with Crippen molar-refractivity contribution in [3.05, 3.63) is 99.3 Å². The van der Waals surface area contributed by atoms with Crippen LogP contribution in [0.2, 0.25) is 5.02 Å². The molecule has 9 heteroatoms. The minimum Gasteiger partial charge on any atom is -0.507 e. The van der Waals surface area contributed by atoms with Gasteiger partial charge in [-0.2, -0.15) is 0 Å². The van der Waals surface area contributed by atoms with Crippen LogP contribution < -0.4 is 11.5 Å². The number of nitrogens with zero attached hydrogens (tertiary/aromatic N) is 1. The van der Waals surface area contributed by atoms with Crippen LogP contribution in [0.25, 0.3) is 0 Å². The van der Waals surface area contributed by atoms with Gasteiger partial charge in [0.25, 0.3) is 5.91 Å². The van der Waals surface area contributed by atoms with Gasteiger partial charge in [0, 0.05) is 10.6 Å². The van der Waals surface area contributed by atoms with E-state index in [4.69, 9.17) is 23.1 Å². The number of rotatable bonds is 6. The summed E-state index contributed by atoms with van der Waals surface area (Å²) in [5, 5.41) is 10.5. The summed E-state index contributed by atoms with van der Waals surface area (Å²) in [5.41, 5.74) is 12.3. The van der Waals surface area contributed by atoms with E-state index in [0.717, 1.165) is 0 Å². The van der Waals surface area contributed by atoms with Gasteiger partial charge in [-0.1, -0.05) is 35.9 Å². The second kappa shape index (κ2) is 9.15. The number of phenols is 1. The molecule has 1 aliphatic carbocycles.